The maximum absolute atomic E-state index is 10.5. The predicted octanol–water partition coefficient (Wildman–Crippen LogP) is -9.69. The second-order valence-electron chi connectivity index (χ2n) is 0.785. The number of carbonyl (C=O) groups excluding carboxylic acids is 1. The summed E-state index contributed by atoms with van der Waals surface area (Å²) in [6, 6.07) is 0. The molecule has 0 aliphatic carbocycles. The lowest BCUT2D eigenvalue weighted by Crippen LogP contribution is -3.00. The fourth-order valence-electron chi connectivity index (χ4n) is 0. The Balaban J connectivity index is -0.0000000600. The van der Waals surface area contributed by atoms with Crippen molar-refractivity contribution in [3.63, 3.8) is 0 Å². The molecule has 0 aromatic rings. The van der Waals surface area contributed by atoms with Crippen molar-refractivity contribution in [2.75, 3.05) is 0 Å². The van der Waals surface area contributed by atoms with Crippen LogP contribution in [0.25, 0.3) is 0 Å². The van der Waals surface area contributed by atoms with Crippen molar-refractivity contribution in [2.24, 2.45) is 0 Å². The Morgan fingerprint density at radius 1 is 1.10 bits per heavy atom. The van der Waals surface area contributed by atoms with Crippen LogP contribution in [0, 0.1) is 0 Å². The van der Waals surface area contributed by atoms with E-state index in [2.05, 4.69) is 0 Å². The number of aliphatic carboxylic acids is 1. The minimum atomic E-state index is -5.19. The number of hydrogen-bond acceptors (Lipinski definition) is 2. The largest absolute Gasteiger partial charge is 1.00 e. The van der Waals surface area contributed by atoms with Crippen molar-refractivity contribution in [3.8, 4) is 0 Å². The van der Waals surface area contributed by atoms with E-state index in [0.717, 1.165) is 0 Å². The second-order valence-corrected chi connectivity index (χ2v) is 0.785. The molecule has 0 radical (unpaired) electrons. The fourth-order valence-corrected chi connectivity index (χ4v) is 0. The first-order valence-electron chi connectivity index (χ1n) is 1.23. The molecule has 0 aromatic heterocycles. The summed E-state index contributed by atoms with van der Waals surface area (Å²) in [4.78, 5) is 8.78. The first-order valence-corrected chi connectivity index (χ1v) is 1.23. The Morgan fingerprint density at radius 2 is 1.20 bits per heavy atom. The molecular weight excluding hydrogens is 170 g/mol. The molecule has 10 heavy (non-hydrogen) atoms. The van der Waals surface area contributed by atoms with Crippen LogP contribution in [-0.2, 0) is 4.79 Å². The molecule has 2 nitrogen and oxygen atoms in total. The van der Waals surface area contributed by atoms with Crippen molar-refractivity contribution in [1.29, 1.82) is 0 Å². The van der Waals surface area contributed by atoms with Gasteiger partial charge in [-0.05, 0) is 0 Å². The predicted molar refractivity (Wildman–Crippen MR) is 11.1 cm³/mol. The third kappa shape index (κ3) is 10.1. The number of carboxylic acids is 1. The van der Waals surface area contributed by atoms with Gasteiger partial charge in [-0.2, -0.15) is 13.2 Å². The van der Waals surface area contributed by atoms with Crippen molar-refractivity contribution in [3.05, 3.63) is 0 Å². The summed E-state index contributed by atoms with van der Waals surface area (Å²) in [5.74, 6) is -3.01. The molecule has 0 aliphatic rings. The summed E-state index contributed by atoms with van der Waals surface area (Å²) in [5, 5.41) is 8.78. The van der Waals surface area contributed by atoms with Crippen LogP contribution in [0.2, 0.25) is 0 Å². The Bertz CT molecular complexity index is 86.2. The lowest BCUT2D eigenvalue weighted by atomic mass is 10.7. The summed E-state index contributed by atoms with van der Waals surface area (Å²) in [6.07, 6.45) is -5.19. The van der Waals surface area contributed by atoms with E-state index in [1.165, 1.54) is 0 Å². The minimum Gasteiger partial charge on any atom is -1.00 e. The number of hydrogen-bond donors (Lipinski definition) is 0. The van der Waals surface area contributed by atoms with Crippen LogP contribution in [0.15, 0.2) is 0 Å². The van der Waals surface area contributed by atoms with Gasteiger partial charge >= 0.3 is 6.18 Å². The van der Waals surface area contributed by atoms with Crippen LogP contribution < -0.4 is 19.2 Å². The Morgan fingerprint density at radius 3 is 1.20 bits per heavy atom. The van der Waals surface area contributed by atoms with Gasteiger partial charge in [-0.1, -0.05) is 0 Å². The molecular formula is C2F6O2-4. The number of carboxylic acid groups (broad SMARTS) is 1. The molecule has 66 valence electrons. The zero-order chi connectivity index (χ0) is 6.08. The Kier molecular flexibility index (Phi) is 14.2. The molecule has 0 fully saturated rings. The molecule has 0 rings (SSSR count). The zero-order valence-corrected chi connectivity index (χ0v) is 4.08. The lowest BCUT2D eigenvalue weighted by Gasteiger charge is -2.03. The number of carbonyl (C=O) groups is 1. The van der Waals surface area contributed by atoms with Crippen molar-refractivity contribution >= 4 is 5.97 Å². The fraction of sp³-hybridized carbons (Fsp3) is 0.500. The molecule has 0 N–H and O–H groups in total. The molecule has 0 unspecified atom stereocenters. The second kappa shape index (κ2) is 6.17. The molecule has 0 aromatic carbocycles. The van der Waals surface area contributed by atoms with Gasteiger partial charge in [0, 0.05) is 0 Å². The third-order valence-electron chi connectivity index (χ3n) is 0.231. The average molecular weight is 170 g/mol. The maximum atomic E-state index is 10.5. The molecule has 0 heterocycles. The van der Waals surface area contributed by atoms with Crippen LogP contribution in [0.5, 0.6) is 0 Å². The van der Waals surface area contributed by atoms with Gasteiger partial charge in [-0.15, -0.1) is 0 Å². The maximum Gasteiger partial charge on any atom is 0.430 e. The topological polar surface area (TPSA) is 40.1 Å². The number of rotatable bonds is 0. The van der Waals surface area contributed by atoms with Crippen LogP contribution in [-0.4, -0.2) is 12.1 Å². The third-order valence-corrected chi connectivity index (χ3v) is 0.231. The van der Waals surface area contributed by atoms with Gasteiger partial charge in [-0.3, -0.25) is 0 Å². The highest BCUT2D eigenvalue weighted by Gasteiger charge is 2.28. The molecule has 0 saturated heterocycles. The monoisotopic (exact) mass is 170 g/mol. The standard InChI is InChI=1S/C2HF3O2.3FH/c3-2(4,5)1(6)7;;;/h(H,6,7);3*1H/p-4. The van der Waals surface area contributed by atoms with Crippen molar-refractivity contribution in [2.45, 2.75) is 6.18 Å². The van der Waals surface area contributed by atoms with E-state index < -0.39 is 12.1 Å². The molecule has 0 bridgehead atoms. The van der Waals surface area contributed by atoms with Gasteiger partial charge in [0.2, 0.25) is 0 Å². The molecule has 0 spiro atoms. The molecule has 0 aliphatic heterocycles. The van der Waals surface area contributed by atoms with Gasteiger partial charge in [-0.25, -0.2) is 0 Å². The molecule has 0 atom stereocenters. The van der Waals surface area contributed by atoms with E-state index in [0.29, 0.717) is 0 Å². The quantitative estimate of drug-likeness (QED) is 0.339. The van der Waals surface area contributed by atoms with Crippen LogP contribution >= 0.6 is 0 Å². The van der Waals surface area contributed by atoms with Gasteiger partial charge in [0.15, 0.2) is 0 Å². The Hall–Kier alpha value is -0.950. The van der Waals surface area contributed by atoms with E-state index in [1.54, 1.807) is 0 Å². The summed E-state index contributed by atoms with van der Waals surface area (Å²) < 4.78 is 31.5. The van der Waals surface area contributed by atoms with Gasteiger partial charge in [0.25, 0.3) is 0 Å². The number of alkyl halides is 3. The smallest absolute Gasteiger partial charge is 0.430 e. The average Bonchev–Trinajstić information content (AvgIpc) is 1.31. The first-order chi connectivity index (χ1) is 2.94. The first kappa shape index (κ1) is 23.0. The zero-order valence-electron chi connectivity index (χ0n) is 4.08. The van der Waals surface area contributed by atoms with E-state index in [9.17, 15) is 13.2 Å². The summed E-state index contributed by atoms with van der Waals surface area (Å²) >= 11 is 0. The molecule has 8 heteroatoms. The highest BCUT2D eigenvalue weighted by molar-refractivity contribution is 5.70. The van der Waals surface area contributed by atoms with Crippen LogP contribution in [0.3, 0.4) is 0 Å². The van der Waals surface area contributed by atoms with Crippen molar-refractivity contribution in [1.82, 2.24) is 0 Å². The highest BCUT2D eigenvalue weighted by atomic mass is 19.4. The summed E-state index contributed by atoms with van der Waals surface area (Å²) in [5.41, 5.74) is 0. The van der Waals surface area contributed by atoms with E-state index in [4.69, 9.17) is 9.90 Å². The highest BCUT2D eigenvalue weighted by Crippen LogP contribution is 2.11. The van der Waals surface area contributed by atoms with Gasteiger partial charge in [0.1, 0.15) is 5.97 Å². The van der Waals surface area contributed by atoms with E-state index in [-0.39, 0.29) is 14.1 Å². The van der Waals surface area contributed by atoms with E-state index >= 15 is 0 Å². The minimum absolute atomic E-state index is 0. The van der Waals surface area contributed by atoms with Crippen LogP contribution in [0.4, 0.5) is 13.2 Å². The molecule has 0 amide bonds. The SMILES string of the molecule is O=C([O-])C(F)(F)F.[F-].[F-].[F-]. The lowest BCUT2D eigenvalue weighted by molar-refractivity contribution is -0.344. The Labute approximate surface area is 50.7 Å². The van der Waals surface area contributed by atoms with E-state index in [1.807, 2.05) is 0 Å². The number of halogens is 6. The summed E-state index contributed by atoms with van der Waals surface area (Å²) in [6.45, 7) is 0. The van der Waals surface area contributed by atoms with Crippen molar-refractivity contribution < 1.29 is 37.2 Å². The van der Waals surface area contributed by atoms with Gasteiger partial charge in [0.05, 0.1) is 0 Å². The molecule has 0 saturated carbocycles. The normalized spacial score (nSPS) is 7.90. The van der Waals surface area contributed by atoms with Crippen LogP contribution in [0.1, 0.15) is 0 Å². The summed E-state index contributed by atoms with van der Waals surface area (Å²) in [7, 11) is 0. The van der Waals surface area contributed by atoms with Gasteiger partial charge < -0.3 is 24.0 Å².